The predicted octanol–water partition coefficient (Wildman–Crippen LogP) is 3.24. The van der Waals surface area contributed by atoms with Gasteiger partial charge in [0.25, 0.3) is 5.91 Å². The number of aromatic hydroxyl groups is 1. The monoisotopic (exact) mass is 279 g/mol. The molecule has 3 rings (SSSR count). The molecule has 2 aromatic carbocycles. The Morgan fingerprint density at radius 1 is 0.952 bits per heavy atom. The summed E-state index contributed by atoms with van der Waals surface area (Å²) < 4.78 is 1.28. The van der Waals surface area contributed by atoms with Crippen LogP contribution in [0.3, 0.4) is 0 Å². The zero-order valence-corrected chi connectivity index (χ0v) is 11.4. The van der Waals surface area contributed by atoms with Crippen LogP contribution in [0.2, 0.25) is 0 Å². The number of carbonyl (C=O) groups is 2. The highest BCUT2D eigenvalue weighted by Gasteiger charge is 2.24. The Bertz CT molecular complexity index is 847. The quantitative estimate of drug-likeness (QED) is 0.733. The van der Waals surface area contributed by atoms with E-state index in [9.17, 15) is 14.7 Å². The number of nitrogens with zero attached hydrogens (tertiary/aromatic N) is 1. The van der Waals surface area contributed by atoms with Gasteiger partial charge in [0.1, 0.15) is 5.69 Å². The second-order valence-electron chi connectivity index (χ2n) is 4.78. The maximum Gasteiger partial charge on any atom is 0.263 e. The Hall–Kier alpha value is -2.88. The Balaban J connectivity index is 2.34. The molecule has 0 spiro atoms. The number of hydrogen-bond acceptors (Lipinski definition) is 3. The number of benzene rings is 2. The molecule has 0 aliphatic carbocycles. The van der Waals surface area contributed by atoms with Gasteiger partial charge in [0.2, 0.25) is 0 Å². The molecule has 21 heavy (non-hydrogen) atoms. The van der Waals surface area contributed by atoms with Crippen LogP contribution in [0.1, 0.15) is 27.8 Å². The molecule has 1 aromatic heterocycles. The van der Waals surface area contributed by atoms with E-state index in [1.807, 2.05) is 6.07 Å². The van der Waals surface area contributed by atoms with E-state index < -0.39 is 0 Å². The lowest BCUT2D eigenvalue weighted by atomic mass is 10.2. The van der Waals surface area contributed by atoms with E-state index in [2.05, 4.69) is 0 Å². The van der Waals surface area contributed by atoms with Gasteiger partial charge < -0.3 is 5.11 Å². The second kappa shape index (κ2) is 4.90. The van der Waals surface area contributed by atoms with Crippen molar-refractivity contribution in [1.82, 2.24) is 4.57 Å². The maximum absolute atomic E-state index is 12.7. The summed E-state index contributed by atoms with van der Waals surface area (Å²) in [6.07, 6.45) is 0. The molecule has 1 heterocycles. The first-order valence-electron chi connectivity index (χ1n) is 6.54. The summed E-state index contributed by atoms with van der Waals surface area (Å²) in [4.78, 5) is 24.6. The molecule has 0 radical (unpaired) electrons. The highest BCUT2D eigenvalue weighted by Crippen LogP contribution is 2.32. The number of para-hydroxylation sites is 1. The number of fused-ring (bicyclic) bond motifs is 1. The molecule has 1 N–H and O–H groups in total. The SMILES string of the molecule is CC(=O)c1c(O)c2ccccc2n1C(=O)c1ccccc1. The van der Waals surface area contributed by atoms with Crippen molar-refractivity contribution in [1.29, 1.82) is 0 Å². The summed E-state index contributed by atoms with van der Waals surface area (Å²) in [6, 6.07) is 15.6. The van der Waals surface area contributed by atoms with Crippen LogP contribution in [-0.4, -0.2) is 21.4 Å². The van der Waals surface area contributed by atoms with Crippen molar-refractivity contribution in [3.05, 3.63) is 65.9 Å². The van der Waals surface area contributed by atoms with Gasteiger partial charge in [-0.15, -0.1) is 0 Å². The van der Waals surface area contributed by atoms with Crippen LogP contribution < -0.4 is 0 Å². The number of aromatic nitrogens is 1. The summed E-state index contributed by atoms with van der Waals surface area (Å²) in [6.45, 7) is 1.34. The molecular weight excluding hydrogens is 266 g/mol. The van der Waals surface area contributed by atoms with Crippen molar-refractivity contribution < 1.29 is 14.7 Å². The Morgan fingerprint density at radius 2 is 1.57 bits per heavy atom. The molecule has 0 saturated heterocycles. The lowest BCUT2D eigenvalue weighted by Crippen LogP contribution is -2.16. The number of ketones is 1. The van der Waals surface area contributed by atoms with Crippen molar-refractivity contribution in [2.45, 2.75) is 6.92 Å². The molecule has 0 aliphatic heterocycles. The van der Waals surface area contributed by atoms with Crippen LogP contribution in [0.5, 0.6) is 5.75 Å². The highest BCUT2D eigenvalue weighted by atomic mass is 16.3. The molecule has 104 valence electrons. The molecule has 0 atom stereocenters. The average Bonchev–Trinajstić information content (AvgIpc) is 2.81. The largest absolute Gasteiger partial charge is 0.505 e. The topological polar surface area (TPSA) is 59.3 Å². The van der Waals surface area contributed by atoms with Crippen molar-refractivity contribution >= 4 is 22.6 Å². The second-order valence-corrected chi connectivity index (χ2v) is 4.78. The minimum Gasteiger partial charge on any atom is -0.505 e. The van der Waals surface area contributed by atoms with Crippen LogP contribution in [-0.2, 0) is 0 Å². The van der Waals surface area contributed by atoms with Gasteiger partial charge >= 0.3 is 0 Å². The molecule has 0 bridgehead atoms. The molecule has 0 unspecified atom stereocenters. The molecule has 0 amide bonds. The molecule has 3 aromatic rings. The first kappa shape index (κ1) is 13.1. The number of Topliss-reactive ketones (excluding diaryl/α,β-unsaturated/α-hetero) is 1. The predicted molar refractivity (Wildman–Crippen MR) is 79.8 cm³/mol. The normalized spacial score (nSPS) is 10.7. The summed E-state index contributed by atoms with van der Waals surface area (Å²) in [5.41, 5.74) is 1.000. The van der Waals surface area contributed by atoms with E-state index in [0.717, 1.165) is 0 Å². The van der Waals surface area contributed by atoms with Crippen molar-refractivity contribution in [2.75, 3.05) is 0 Å². The van der Waals surface area contributed by atoms with Crippen molar-refractivity contribution in [3.8, 4) is 5.75 Å². The Morgan fingerprint density at radius 3 is 2.24 bits per heavy atom. The summed E-state index contributed by atoms with van der Waals surface area (Å²) >= 11 is 0. The third-order valence-corrected chi connectivity index (χ3v) is 3.41. The van der Waals surface area contributed by atoms with E-state index in [0.29, 0.717) is 16.5 Å². The molecule has 0 aliphatic rings. The first-order valence-corrected chi connectivity index (χ1v) is 6.54. The van der Waals surface area contributed by atoms with Gasteiger partial charge in [-0.1, -0.05) is 30.3 Å². The molecular formula is C17H13NO3. The summed E-state index contributed by atoms with van der Waals surface area (Å²) in [7, 11) is 0. The lowest BCUT2D eigenvalue weighted by Gasteiger charge is -2.07. The maximum atomic E-state index is 12.7. The van der Waals surface area contributed by atoms with Crippen molar-refractivity contribution in [3.63, 3.8) is 0 Å². The van der Waals surface area contributed by atoms with Crippen LogP contribution in [0.25, 0.3) is 10.9 Å². The van der Waals surface area contributed by atoms with Gasteiger partial charge in [-0.2, -0.15) is 0 Å². The zero-order valence-electron chi connectivity index (χ0n) is 11.4. The number of rotatable bonds is 2. The highest BCUT2D eigenvalue weighted by molar-refractivity contribution is 6.12. The smallest absolute Gasteiger partial charge is 0.263 e. The standard InChI is InChI=1S/C17H13NO3/c1-11(19)15-16(20)13-9-5-6-10-14(13)18(15)17(21)12-7-3-2-4-8-12/h2-10,20H,1H3. The molecule has 4 nitrogen and oxygen atoms in total. The van der Waals surface area contributed by atoms with E-state index >= 15 is 0 Å². The molecule has 4 heteroatoms. The Kier molecular flexibility index (Phi) is 3.06. The minimum atomic E-state index is -0.354. The van der Waals surface area contributed by atoms with Crippen LogP contribution in [0.4, 0.5) is 0 Å². The van der Waals surface area contributed by atoms with E-state index in [1.54, 1.807) is 48.5 Å². The van der Waals surface area contributed by atoms with Gasteiger partial charge in [0.05, 0.1) is 5.52 Å². The zero-order chi connectivity index (χ0) is 15.0. The number of carbonyl (C=O) groups excluding carboxylic acids is 2. The fourth-order valence-electron chi connectivity index (χ4n) is 2.47. The van der Waals surface area contributed by atoms with Crippen molar-refractivity contribution in [2.24, 2.45) is 0 Å². The van der Waals surface area contributed by atoms with E-state index in [4.69, 9.17) is 0 Å². The van der Waals surface area contributed by atoms with Gasteiger partial charge in [-0.05, 0) is 24.3 Å². The van der Waals surface area contributed by atoms with E-state index in [-0.39, 0.29) is 23.1 Å². The van der Waals surface area contributed by atoms with Gasteiger partial charge in [-0.3, -0.25) is 14.2 Å². The minimum absolute atomic E-state index is 0.0186. The number of hydrogen-bond donors (Lipinski definition) is 1. The third-order valence-electron chi connectivity index (χ3n) is 3.41. The van der Waals surface area contributed by atoms with E-state index in [1.165, 1.54) is 11.5 Å². The molecule has 0 fully saturated rings. The fraction of sp³-hybridized carbons (Fsp3) is 0.0588. The first-order chi connectivity index (χ1) is 10.1. The summed E-state index contributed by atoms with van der Waals surface area (Å²) in [5, 5.41) is 10.7. The fourth-order valence-corrected chi connectivity index (χ4v) is 2.47. The average molecular weight is 279 g/mol. The van der Waals surface area contributed by atoms with Crippen LogP contribution in [0.15, 0.2) is 54.6 Å². The van der Waals surface area contributed by atoms with Crippen LogP contribution >= 0.6 is 0 Å². The van der Waals surface area contributed by atoms with Crippen LogP contribution in [0, 0.1) is 0 Å². The van der Waals surface area contributed by atoms with Gasteiger partial charge in [0, 0.05) is 17.9 Å². The Labute approximate surface area is 121 Å². The van der Waals surface area contributed by atoms with Gasteiger partial charge in [0.15, 0.2) is 11.5 Å². The third kappa shape index (κ3) is 2.01. The molecule has 0 saturated carbocycles. The lowest BCUT2D eigenvalue weighted by molar-refractivity contribution is 0.0929. The summed E-state index contributed by atoms with van der Waals surface area (Å²) in [5.74, 6) is -0.840. The van der Waals surface area contributed by atoms with Gasteiger partial charge in [-0.25, -0.2) is 0 Å².